The highest BCUT2D eigenvalue weighted by Gasteiger charge is 2.20. The van der Waals surface area contributed by atoms with E-state index in [1.165, 1.54) is 0 Å². The van der Waals surface area contributed by atoms with Crippen LogP contribution in [0.1, 0.15) is 38.5 Å². The predicted molar refractivity (Wildman–Crippen MR) is 137 cm³/mol. The first-order chi connectivity index (χ1) is 17.4. The first kappa shape index (κ1) is 27.2. The Morgan fingerprint density at radius 3 is 2.36 bits per heavy atom. The molecule has 3 rings (SSSR count). The lowest BCUT2D eigenvalue weighted by Gasteiger charge is -2.30. The van der Waals surface area contributed by atoms with Crippen LogP contribution in [0.3, 0.4) is 0 Å². The summed E-state index contributed by atoms with van der Waals surface area (Å²) in [5, 5.41) is 19.0. The van der Waals surface area contributed by atoms with Crippen LogP contribution in [0.15, 0.2) is 12.1 Å². The second-order valence-corrected chi connectivity index (χ2v) is 8.86. The summed E-state index contributed by atoms with van der Waals surface area (Å²) in [5.74, 6) is 1.84. The SMILES string of the molecule is COc1cc2nc(NCCNC(=O)CCCCC(=O)NO)nc(NC3CCN(C)CC3)c2cc1OC. The number of benzene rings is 1. The quantitative estimate of drug-likeness (QED) is 0.155. The van der Waals surface area contributed by atoms with Gasteiger partial charge in [0.25, 0.3) is 0 Å². The van der Waals surface area contributed by atoms with E-state index < -0.39 is 5.91 Å². The summed E-state index contributed by atoms with van der Waals surface area (Å²) < 4.78 is 10.9. The van der Waals surface area contributed by atoms with Gasteiger partial charge in [0.15, 0.2) is 11.5 Å². The molecule has 198 valence electrons. The first-order valence-corrected chi connectivity index (χ1v) is 12.3. The van der Waals surface area contributed by atoms with Crippen molar-refractivity contribution in [3.63, 3.8) is 0 Å². The molecule has 0 aliphatic carbocycles. The molecule has 12 nitrogen and oxygen atoms in total. The van der Waals surface area contributed by atoms with Crippen LogP contribution in [-0.4, -0.2) is 85.4 Å². The van der Waals surface area contributed by atoms with Gasteiger partial charge in [-0.25, -0.2) is 10.5 Å². The summed E-state index contributed by atoms with van der Waals surface area (Å²) in [6.07, 6.45) is 3.65. The number of methoxy groups -OCH3 is 2. The third-order valence-corrected chi connectivity index (χ3v) is 6.17. The minimum absolute atomic E-state index is 0.0953. The molecule has 2 heterocycles. The Bertz CT molecular complexity index is 1030. The maximum absolute atomic E-state index is 12.0. The van der Waals surface area contributed by atoms with Crippen LogP contribution in [0.25, 0.3) is 10.9 Å². The fourth-order valence-electron chi connectivity index (χ4n) is 4.08. The van der Waals surface area contributed by atoms with Crippen LogP contribution in [0.2, 0.25) is 0 Å². The lowest BCUT2D eigenvalue weighted by molar-refractivity contribution is -0.129. The molecule has 0 saturated carbocycles. The van der Waals surface area contributed by atoms with Crippen molar-refractivity contribution in [1.82, 2.24) is 25.7 Å². The van der Waals surface area contributed by atoms with E-state index in [1.54, 1.807) is 19.7 Å². The van der Waals surface area contributed by atoms with Crippen molar-refractivity contribution in [3.8, 4) is 11.5 Å². The molecule has 12 heteroatoms. The minimum Gasteiger partial charge on any atom is -0.493 e. The largest absolute Gasteiger partial charge is 0.493 e. The van der Waals surface area contributed by atoms with Gasteiger partial charge in [0.2, 0.25) is 17.8 Å². The Morgan fingerprint density at radius 1 is 1.03 bits per heavy atom. The number of nitrogens with zero attached hydrogens (tertiary/aromatic N) is 3. The standard InChI is InChI=1S/C24H37N7O5/c1-31-12-8-16(9-13-31)27-23-17-14-19(35-2)20(36-3)15-18(17)28-24(29-23)26-11-10-25-21(32)6-4-5-7-22(33)30-34/h14-16,34H,4-13H2,1-3H3,(H,25,32)(H,30,33)(H2,26,27,28,29). The van der Waals surface area contributed by atoms with Gasteiger partial charge in [0.1, 0.15) is 5.82 Å². The van der Waals surface area contributed by atoms with Crippen LogP contribution >= 0.6 is 0 Å². The molecular weight excluding hydrogens is 466 g/mol. The second kappa shape index (κ2) is 13.6. The zero-order valence-corrected chi connectivity index (χ0v) is 21.2. The number of unbranched alkanes of at least 4 members (excludes halogenated alkanes) is 1. The summed E-state index contributed by atoms with van der Waals surface area (Å²) in [6.45, 7) is 2.90. The van der Waals surface area contributed by atoms with Crippen molar-refractivity contribution in [2.45, 2.75) is 44.6 Å². The van der Waals surface area contributed by atoms with Gasteiger partial charge in [-0.1, -0.05) is 0 Å². The highest BCUT2D eigenvalue weighted by atomic mass is 16.5. The normalized spacial score (nSPS) is 14.3. The van der Waals surface area contributed by atoms with Crippen molar-refractivity contribution >= 4 is 34.5 Å². The van der Waals surface area contributed by atoms with Crippen LogP contribution in [-0.2, 0) is 9.59 Å². The number of rotatable bonds is 13. The molecule has 1 aromatic carbocycles. The van der Waals surface area contributed by atoms with Crippen molar-refractivity contribution in [2.75, 3.05) is 58.1 Å². The van der Waals surface area contributed by atoms with Crippen LogP contribution in [0.5, 0.6) is 11.5 Å². The number of amides is 2. The van der Waals surface area contributed by atoms with E-state index in [4.69, 9.17) is 19.7 Å². The average Bonchev–Trinajstić information content (AvgIpc) is 2.89. The van der Waals surface area contributed by atoms with Gasteiger partial charge >= 0.3 is 0 Å². The van der Waals surface area contributed by atoms with Gasteiger partial charge in [0.05, 0.1) is 19.7 Å². The molecule has 1 aromatic heterocycles. The molecule has 0 bridgehead atoms. The summed E-state index contributed by atoms with van der Waals surface area (Å²) in [4.78, 5) is 34.7. The zero-order valence-electron chi connectivity index (χ0n) is 21.2. The van der Waals surface area contributed by atoms with Gasteiger partial charge < -0.3 is 30.3 Å². The number of aromatic nitrogens is 2. The molecule has 0 atom stereocenters. The Morgan fingerprint density at radius 2 is 1.69 bits per heavy atom. The topological polar surface area (TPSA) is 150 Å². The van der Waals surface area contributed by atoms with Gasteiger partial charge in [-0.3, -0.25) is 14.8 Å². The van der Waals surface area contributed by atoms with Gasteiger partial charge in [0, 0.05) is 43.4 Å². The molecule has 0 spiro atoms. The number of ether oxygens (including phenoxy) is 2. The molecule has 2 amide bonds. The third kappa shape index (κ3) is 7.82. The molecule has 0 radical (unpaired) electrons. The number of likely N-dealkylation sites (tertiary alicyclic amines) is 1. The monoisotopic (exact) mass is 503 g/mol. The van der Waals surface area contributed by atoms with Crippen LogP contribution in [0, 0.1) is 0 Å². The summed E-state index contributed by atoms with van der Waals surface area (Å²) in [7, 11) is 5.32. The smallest absolute Gasteiger partial charge is 0.243 e. The van der Waals surface area contributed by atoms with E-state index >= 15 is 0 Å². The number of piperidine rings is 1. The van der Waals surface area contributed by atoms with Crippen molar-refractivity contribution in [2.24, 2.45) is 0 Å². The minimum atomic E-state index is -0.448. The van der Waals surface area contributed by atoms with Gasteiger partial charge in [-0.15, -0.1) is 0 Å². The fraction of sp³-hybridized carbons (Fsp3) is 0.583. The molecule has 5 N–H and O–H groups in total. The Labute approximate surface area is 211 Å². The average molecular weight is 504 g/mol. The predicted octanol–water partition coefficient (Wildman–Crippen LogP) is 1.75. The molecule has 1 aliphatic heterocycles. The number of carbonyl (C=O) groups is 2. The van der Waals surface area contributed by atoms with Crippen molar-refractivity contribution in [3.05, 3.63) is 12.1 Å². The third-order valence-electron chi connectivity index (χ3n) is 6.17. The van der Waals surface area contributed by atoms with E-state index in [0.29, 0.717) is 55.8 Å². The molecule has 1 aliphatic rings. The summed E-state index contributed by atoms with van der Waals surface area (Å²) >= 11 is 0. The van der Waals surface area contributed by atoms with Gasteiger partial charge in [-0.2, -0.15) is 4.98 Å². The summed E-state index contributed by atoms with van der Waals surface area (Å²) in [6, 6.07) is 4.03. The summed E-state index contributed by atoms with van der Waals surface area (Å²) in [5.41, 5.74) is 2.30. The number of hydrogen-bond acceptors (Lipinski definition) is 10. The van der Waals surface area contributed by atoms with E-state index in [2.05, 4.69) is 32.9 Å². The lowest BCUT2D eigenvalue weighted by atomic mass is 10.1. The first-order valence-electron chi connectivity index (χ1n) is 12.3. The molecule has 0 unspecified atom stereocenters. The molecule has 36 heavy (non-hydrogen) atoms. The number of anilines is 2. The maximum Gasteiger partial charge on any atom is 0.243 e. The molecule has 1 saturated heterocycles. The van der Waals surface area contributed by atoms with Crippen LogP contribution in [0.4, 0.5) is 11.8 Å². The van der Waals surface area contributed by atoms with Crippen LogP contribution < -0.4 is 30.9 Å². The molecule has 2 aromatic rings. The lowest BCUT2D eigenvalue weighted by Crippen LogP contribution is -2.37. The number of nitrogens with one attached hydrogen (secondary N) is 4. The number of fused-ring (bicyclic) bond motifs is 1. The second-order valence-electron chi connectivity index (χ2n) is 8.86. The Balaban J connectivity index is 1.63. The van der Waals surface area contributed by atoms with E-state index in [1.807, 2.05) is 12.1 Å². The van der Waals surface area contributed by atoms with Crippen molar-refractivity contribution < 1.29 is 24.3 Å². The highest BCUT2D eigenvalue weighted by Crippen LogP contribution is 2.35. The molecular formula is C24H37N7O5. The van der Waals surface area contributed by atoms with E-state index in [9.17, 15) is 9.59 Å². The highest BCUT2D eigenvalue weighted by molar-refractivity contribution is 5.92. The van der Waals surface area contributed by atoms with Gasteiger partial charge in [-0.05, 0) is 51.9 Å². The number of carbonyl (C=O) groups excluding carboxylic acids is 2. The maximum atomic E-state index is 12.0. The van der Waals surface area contributed by atoms with Crippen molar-refractivity contribution in [1.29, 1.82) is 0 Å². The number of hydroxylamine groups is 1. The molecule has 1 fully saturated rings. The van der Waals surface area contributed by atoms with E-state index in [0.717, 1.165) is 42.7 Å². The van der Waals surface area contributed by atoms with E-state index in [-0.39, 0.29) is 12.3 Å². The fourth-order valence-corrected chi connectivity index (χ4v) is 4.08. The Hall–Kier alpha value is -3.38. The number of hydrogen-bond donors (Lipinski definition) is 5. The zero-order chi connectivity index (χ0) is 25.9. The Kier molecular flexibility index (Phi) is 10.3.